The van der Waals surface area contributed by atoms with Crippen LogP contribution in [0, 0.1) is 5.92 Å². The minimum Gasteiger partial charge on any atom is -0.373 e. The van der Waals surface area contributed by atoms with Crippen molar-refractivity contribution >= 4 is 5.91 Å². The first kappa shape index (κ1) is 9.93. The zero-order valence-electron chi connectivity index (χ0n) is 8.53. The lowest BCUT2D eigenvalue weighted by Gasteiger charge is -2.21. The van der Waals surface area contributed by atoms with Crippen LogP contribution in [0.5, 0.6) is 0 Å². The number of nitrogens with two attached hydrogens (primary N) is 1. The van der Waals surface area contributed by atoms with Gasteiger partial charge in [-0.15, -0.1) is 0 Å². The van der Waals surface area contributed by atoms with Crippen molar-refractivity contribution in [2.24, 2.45) is 11.7 Å². The van der Waals surface area contributed by atoms with Crippen LogP contribution in [-0.2, 0) is 9.53 Å². The summed E-state index contributed by atoms with van der Waals surface area (Å²) in [5, 5.41) is 3.37. The lowest BCUT2D eigenvalue weighted by Crippen LogP contribution is -2.42. The van der Waals surface area contributed by atoms with Crippen molar-refractivity contribution in [3.05, 3.63) is 0 Å². The molecule has 3 N–H and O–H groups in total. The Kier molecular flexibility index (Phi) is 2.74. The first-order chi connectivity index (χ1) is 6.66. The molecule has 4 unspecified atom stereocenters. The van der Waals surface area contributed by atoms with Crippen molar-refractivity contribution in [1.82, 2.24) is 5.32 Å². The molecule has 2 aliphatic heterocycles. The Bertz CT molecular complexity index is 232. The van der Waals surface area contributed by atoms with Crippen molar-refractivity contribution in [3.8, 4) is 0 Å². The van der Waals surface area contributed by atoms with Crippen LogP contribution < -0.4 is 11.1 Å². The highest BCUT2D eigenvalue weighted by molar-refractivity contribution is 5.76. The molecule has 2 rings (SSSR count). The number of carbonyl (C=O) groups is 1. The van der Waals surface area contributed by atoms with Gasteiger partial charge in [-0.3, -0.25) is 4.79 Å². The Morgan fingerprint density at radius 3 is 2.93 bits per heavy atom. The van der Waals surface area contributed by atoms with Crippen molar-refractivity contribution in [2.75, 3.05) is 6.54 Å². The van der Waals surface area contributed by atoms with E-state index in [-0.39, 0.29) is 11.8 Å². The van der Waals surface area contributed by atoms with Crippen LogP contribution in [-0.4, -0.2) is 30.7 Å². The van der Waals surface area contributed by atoms with Crippen LogP contribution >= 0.6 is 0 Å². The van der Waals surface area contributed by atoms with Crippen molar-refractivity contribution < 1.29 is 9.53 Å². The molecule has 4 nitrogen and oxygen atoms in total. The maximum Gasteiger partial charge on any atom is 0.221 e. The lowest BCUT2D eigenvalue weighted by atomic mass is 9.95. The Labute approximate surface area is 84.2 Å². The van der Waals surface area contributed by atoms with Gasteiger partial charge in [0.1, 0.15) is 0 Å². The van der Waals surface area contributed by atoms with E-state index in [1.807, 2.05) is 6.92 Å². The summed E-state index contributed by atoms with van der Waals surface area (Å²) in [6, 6.07) is 0.440. The topological polar surface area (TPSA) is 64.3 Å². The van der Waals surface area contributed by atoms with E-state index in [9.17, 15) is 4.79 Å². The second kappa shape index (κ2) is 3.87. The Hall–Kier alpha value is -0.610. The molecule has 2 saturated heterocycles. The number of hydrogen-bond acceptors (Lipinski definition) is 3. The Morgan fingerprint density at radius 2 is 2.43 bits per heavy atom. The molecule has 4 heteroatoms. The quantitative estimate of drug-likeness (QED) is 0.669. The summed E-state index contributed by atoms with van der Waals surface area (Å²) in [5.41, 5.74) is 5.19. The number of primary amides is 1. The smallest absolute Gasteiger partial charge is 0.221 e. The van der Waals surface area contributed by atoms with Crippen molar-refractivity contribution in [1.29, 1.82) is 0 Å². The minimum absolute atomic E-state index is 0.0888. The van der Waals surface area contributed by atoms with E-state index in [1.165, 1.54) is 6.42 Å². The molecule has 14 heavy (non-hydrogen) atoms. The van der Waals surface area contributed by atoms with E-state index in [4.69, 9.17) is 10.5 Å². The molecule has 2 heterocycles. The Balaban J connectivity index is 1.74. The highest BCUT2D eigenvalue weighted by atomic mass is 16.5. The second-order valence-corrected chi connectivity index (χ2v) is 4.43. The third-order valence-corrected chi connectivity index (χ3v) is 3.28. The monoisotopic (exact) mass is 198 g/mol. The van der Waals surface area contributed by atoms with Gasteiger partial charge in [0.2, 0.25) is 5.91 Å². The third kappa shape index (κ3) is 1.91. The average molecular weight is 198 g/mol. The number of rotatable bonds is 4. The van der Waals surface area contributed by atoms with Gasteiger partial charge < -0.3 is 15.8 Å². The maximum atomic E-state index is 10.8. The van der Waals surface area contributed by atoms with Crippen LogP contribution in [0.4, 0.5) is 0 Å². The first-order valence-electron chi connectivity index (χ1n) is 5.35. The number of ether oxygens (including phenoxy) is 1. The molecule has 0 aromatic carbocycles. The highest BCUT2D eigenvalue weighted by Gasteiger charge is 2.40. The highest BCUT2D eigenvalue weighted by Crippen LogP contribution is 2.34. The van der Waals surface area contributed by atoms with Gasteiger partial charge in [-0.1, -0.05) is 6.92 Å². The van der Waals surface area contributed by atoms with Gasteiger partial charge in [-0.25, -0.2) is 0 Å². The SMILES string of the molecule is CC(CNC1CC2CCC1O2)C(N)=O. The molecule has 4 atom stereocenters. The van der Waals surface area contributed by atoms with Crippen molar-refractivity contribution in [3.63, 3.8) is 0 Å². The molecular weight excluding hydrogens is 180 g/mol. The molecule has 0 radical (unpaired) electrons. The predicted octanol–water partition coefficient (Wildman–Crippen LogP) is 0.0173. The van der Waals surface area contributed by atoms with Crippen molar-refractivity contribution in [2.45, 2.75) is 44.4 Å². The number of carbonyl (C=O) groups excluding carboxylic acids is 1. The summed E-state index contributed by atoms with van der Waals surface area (Å²) in [6.45, 7) is 2.52. The van der Waals surface area contributed by atoms with Gasteiger partial charge in [0.05, 0.1) is 12.2 Å². The summed E-state index contributed by atoms with van der Waals surface area (Å²) >= 11 is 0. The number of amides is 1. The van der Waals surface area contributed by atoms with E-state index in [1.54, 1.807) is 0 Å². The average Bonchev–Trinajstić information content (AvgIpc) is 2.74. The van der Waals surface area contributed by atoms with Gasteiger partial charge in [0.15, 0.2) is 0 Å². The molecule has 0 aromatic heterocycles. The van der Waals surface area contributed by atoms with Crippen LogP contribution in [0.1, 0.15) is 26.2 Å². The second-order valence-electron chi connectivity index (χ2n) is 4.43. The van der Waals surface area contributed by atoms with Crippen LogP contribution in [0.25, 0.3) is 0 Å². The summed E-state index contributed by atoms with van der Waals surface area (Å²) in [5.74, 6) is -0.323. The van der Waals surface area contributed by atoms with Gasteiger partial charge in [0, 0.05) is 18.5 Å². The summed E-state index contributed by atoms with van der Waals surface area (Å²) < 4.78 is 5.70. The summed E-state index contributed by atoms with van der Waals surface area (Å²) in [6.07, 6.45) is 4.29. The Morgan fingerprint density at radius 1 is 1.64 bits per heavy atom. The molecule has 0 saturated carbocycles. The zero-order chi connectivity index (χ0) is 10.1. The number of fused-ring (bicyclic) bond motifs is 2. The third-order valence-electron chi connectivity index (χ3n) is 3.28. The van der Waals surface area contributed by atoms with E-state index in [0.29, 0.717) is 24.8 Å². The van der Waals surface area contributed by atoms with Crippen LogP contribution in [0.15, 0.2) is 0 Å². The zero-order valence-corrected chi connectivity index (χ0v) is 8.53. The molecule has 1 amide bonds. The molecular formula is C10H18N2O2. The minimum atomic E-state index is -0.235. The first-order valence-corrected chi connectivity index (χ1v) is 5.35. The molecule has 80 valence electrons. The molecule has 2 fully saturated rings. The fourth-order valence-corrected chi connectivity index (χ4v) is 2.28. The molecule has 0 aromatic rings. The molecule has 2 bridgehead atoms. The van der Waals surface area contributed by atoms with Gasteiger partial charge in [-0.2, -0.15) is 0 Å². The summed E-state index contributed by atoms with van der Waals surface area (Å²) in [4.78, 5) is 10.8. The van der Waals surface area contributed by atoms with E-state index in [2.05, 4.69) is 5.32 Å². The van der Waals surface area contributed by atoms with Gasteiger partial charge in [-0.05, 0) is 19.3 Å². The van der Waals surface area contributed by atoms with E-state index < -0.39 is 0 Å². The lowest BCUT2D eigenvalue weighted by molar-refractivity contribution is -0.121. The van der Waals surface area contributed by atoms with E-state index in [0.717, 1.165) is 12.8 Å². The molecule has 2 aliphatic rings. The van der Waals surface area contributed by atoms with Gasteiger partial charge in [0.25, 0.3) is 0 Å². The van der Waals surface area contributed by atoms with Crippen LogP contribution in [0.2, 0.25) is 0 Å². The van der Waals surface area contributed by atoms with Crippen LogP contribution in [0.3, 0.4) is 0 Å². The van der Waals surface area contributed by atoms with Gasteiger partial charge >= 0.3 is 0 Å². The molecule has 0 spiro atoms. The normalized spacial score (nSPS) is 37.4. The number of nitrogens with one attached hydrogen (secondary N) is 1. The maximum absolute atomic E-state index is 10.8. The number of hydrogen-bond donors (Lipinski definition) is 2. The summed E-state index contributed by atoms with van der Waals surface area (Å²) in [7, 11) is 0. The largest absolute Gasteiger partial charge is 0.373 e. The predicted molar refractivity (Wildman–Crippen MR) is 52.7 cm³/mol. The fourth-order valence-electron chi connectivity index (χ4n) is 2.28. The molecule has 0 aliphatic carbocycles. The fraction of sp³-hybridized carbons (Fsp3) is 0.900. The van der Waals surface area contributed by atoms with E-state index >= 15 is 0 Å². The standard InChI is InChI=1S/C10H18N2O2/c1-6(10(11)13)5-12-8-4-7-2-3-9(8)14-7/h6-9,12H,2-5H2,1H3,(H2,11,13).